The third-order valence-electron chi connectivity index (χ3n) is 6.00. The number of carbonyl (C=O) groups is 2. The highest BCUT2D eigenvalue weighted by atomic mass is 19.1. The molecular weight excluding hydrogens is 387 g/mol. The Kier molecular flexibility index (Phi) is 5.17. The zero-order valence-corrected chi connectivity index (χ0v) is 17.5. The van der Waals surface area contributed by atoms with Crippen molar-refractivity contribution < 1.29 is 18.7 Å². The van der Waals surface area contributed by atoms with Gasteiger partial charge in [0.2, 0.25) is 11.9 Å². The van der Waals surface area contributed by atoms with Crippen LogP contribution in [-0.4, -0.2) is 35.0 Å². The monoisotopic (exact) mass is 412 g/mol. The van der Waals surface area contributed by atoms with Gasteiger partial charge in [0.15, 0.2) is 0 Å². The third-order valence-corrected chi connectivity index (χ3v) is 6.00. The Labute approximate surface area is 174 Å². The van der Waals surface area contributed by atoms with Crippen LogP contribution in [0.4, 0.5) is 16.0 Å². The summed E-state index contributed by atoms with van der Waals surface area (Å²) in [5.41, 5.74) is 1.79. The van der Waals surface area contributed by atoms with Gasteiger partial charge in [-0.05, 0) is 49.4 Å². The van der Waals surface area contributed by atoms with E-state index in [1.165, 1.54) is 26.2 Å². The van der Waals surface area contributed by atoms with Crippen LogP contribution in [0.1, 0.15) is 54.3 Å². The number of nitrogens with zero attached hydrogens (tertiary/aromatic N) is 3. The van der Waals surface area contributed by atoms with E-state index in [0.29, 0.717) is 23.1 Å². The maximum atomic E-state index is 14.8. The third kappa shape index (κ3) is 3.51. The fraction of sp³-hybridized carbons (Fsp3) is 0.455. The van der Waals surface area contributed by atoms with Gasteiger partial charge in [-0.2, -0.15) is 0 Å². The van der Waals surface area contributed by atoms with Crippen molar-refractivity contribution in [3.05, 3.63) is 47.0 Å². The second-order valence-electron chi connectivity index (χ2n) is 8.10. The molecule has 4 rings (SSSR count). The number of fused-ring (bicyclic) bond motifs is 1. The molecule has 1 aliphatic carbocycles. The van der Waals surface area contributed by atoms with Gasteiger partial charge in [0, 0.05) is 30.8 Å². The average molecular weight is 412 g/mol. The summed E-state index contributed by atoms with van der Waals surface area (Å²) in [5.74, 6) is -0.797. The highest BCUT2D eigenvalue weighted by Gasteiger charge is 2.48. The molecule has 3 atom stereocenters. The Balaban J connectivity index is 1.87. The molecule has 1 fully saturated rings. The van der Waals surface area contributed by atoms with Gasteiger partial charge in [-0.1, -0.05) is 6.92 Å². The van der Waals surface area contributed by atoms with Gasteiger partial charge < -0.3 is 15.0 Å². The summed E-state index contributed by atoms with van der Waals surface area (Å²) >= 11 is 0. The van der Waals surface area contributed by atoms with Crippen LogP contribution < -0.4 is 10.2 Å². The quantitative estimate of drug-likeness (QED) is 0.772. The number of aromatic nitrogens is 2. The van der Waals surface area contributed by atoms with Crippen LogP contribution in [0.3, 0.4) is 0 Å². The topological polar surface area (TPSA) is 84.4 Å². The number of benzene rings is 1. The van der Waals surface area contributed by atoms with Crippen molar-refractivity contribution in [1.29, 1.82) is 0 Å². The minimum absolute atomic E-state index is 0.00558. The average Bonchev–Trinajstić information content (AvgIpc) is 3.53. The molecule has 2 aromatic rings. The molecule has 7 nitrogen and oxygen atoms in total. The molecule has 30 heavy (non-hydrogen) atoms. The van der Waals surface area contributed by atoms with Crippen molar-refractivity contribution in [2.45, 2.75) is 45.7 Å². The predicted molar refractivity (Wildman–Crippen MR) is 110 cm³/mol. The number of amides is 1. The lowest BCUT2D eigenvalue weighted by molar-refractivity contribution is -0.117. The van der Waals surface area contributed by atoms with Gasteiger partial charge in [0.05, 0.1) is 24.4 Å². The molecular formula is C22H25FN4O3. The second kappa shape index (κ2) is 7.66. The number of hydrogen-bond donors (Lipinski definition) is 1. The van der Waals surface area contributed by atoms with Gasteiger partial charge in [0.25, 0.3) is 0 Å². The maximum Gasteiger partial charge on any atom is 0.340 e. The standard InChI is InChI=1S/C22H25FN4O3/c1-11-7-8-24-22(25-11)26-19-12(2)20(14-5-6-14)27(13(3)28)18-10-17(23)15(9-16(18)19)21(29)30-4/h7-10,12,14,19-20H,5-6H2,1-4H3,(H,24,25,26). The molecule has 1 saturated carbocycles. The minimum Gasteiger partial charge on any atom is -0.465 e. The van der Waals surface area contributed by atoms with E-state index in [1.807, 2.05) is 6.92 Å². The summed E-state index contributed by atoms with van der Waals surface area (Å²) < 4.78 is 19.6. The van der Waals surface area contributed by atoms with Crippen molar-refractivity contribution in [1.82, 2.24) is 9.97 Å². The van der Waals surface area contributed by atoms with E-state index >= 15 is 0 Å². The number of halogens is 1. The van der Waals surface area contributed by atoms with E-state index < -0.39 is 11.8 Å². The Morgan fingerprint density at radius 3 is 2.63 bits per heavy atom. The molecule has 1 aliphatic heterocycles. The number of esters is 1. The van der Waals surface area contributed by atoms with Crippen molar-refractivity contribution in [2.75, 3.05) is 17.3 Å². The zero-order chi connectivity index (χ0) is 21.6. The summed E-state index contributed by atoms with van der Waals surface area (Å²) in [6.07, 6.45) is 3.73. The van der Waals surface area contributed by atoms with E-state index in [1.54, 1.807) is 17.2 Å². The molecule has 0 spiro atoms. The van der Waals surface area contributed by atoms with Crippen LogP contribution in [0.15, 0.2) is 24.4 Å². The number of anilines is 2. The summed E-state index contributed by atoms with van der Waals surface area (Å²) in [6, 6.07) is 4.20. The fourth-order valence-corrected chi connectivity index (χ4v) is 4.50. The zero-order valence-electron chi connectivity index (χ0n) is 17.5. The second-order valence-corrected chi connectivity index (χ2v) is 8.10. The first-order valence-corrected chi connectivity index (χ1v) is 10.1. The Morgan fingerprint density at radius 2 is 2.03 bits per heavy atom. The van der Waals surface area contributed by atoms with E-state index in [0.717, 1.165) is 18.5 Å². The lowest BCUT2D eigenvalue weighted by Crippen LogP contribution is -2.51. The molecule has 2 heterocycles. The molecule has 8 heteroatoms. The Hall–Kier alpha value is -3.03. The normalized spacial score (nSPS) is 23.0. The van der Waals surface area contributed by atoms with Crippen molar-refractivity contribution in [3.8, 4) is 0 Å². The van der Waals surface area contributed by atoms with Crippen LogP contribution in [0.25, 0.3) is 0 Å². The van der Waals surface area contributed by atoms with Gasteiger partial charge in [-0.3, -0.25) is 4.79 Å². The minimum atomic E-state index is -0.757. The van der Waals surface area contributed by atoms with Crippen molar-refractivity contribution in [3.63, 3.8) is 0 Å². The lowest BCUT2D eigenvalue weighted by atomic mass is 9.79. The molecule has 1 N–H and O–H groups in total. The van der Waals surface area contributed by atoms with Gasteiger partial charge in [0.1, 0.15) is 5.82 Å². The van der Waals surface area contributed by atoms with E-state index in [9.17, 15) is 14.0 Å². The summed E-state index contributed by atoms with van der Waals surface area (Å²) in [5, 5.41) is 3.37. The van der Waals surface area contributed by atoms with Crippen LogP contribution in [0, 0.1) is 24.6 Å². The first kappa shape index (κ1) is 20.3. The number of carbonyl (C=O) groups excluding carboxylic acids is 2. The van der Waals surface area contributed by atoms with E-state index in [-0.39, 0.29) is 29.5 Å². The highest BCUT2D eigenvalue weighted by molar-refractivity contribution is 5.96. The molecule has 0 bridgehead atoms. The fourth-order valence-electron chi connectivity index (χ4n) is 4.50. The predicted octanol–water partition coefficient (Wildman–Crippen LogP) is 3.65. The summed E-state index contributed by atoms with van der Waals surface area (Å²) in [4.78, 5) is 35.2. The summed E-state index contributed by atoms with van der Waals surface area (Å²) in [6.45, 7) is 5.44. The Bertz CT molecular complexity index is 1010. The number of nitrogens with one attached hydrogen (secondary N) is 1. The van der Waals surface area contributed by atoms with E-state index in [4.69, 9.17) is 4.74 Å². The largest absolute Gasteiger partial charge is 0.465 e. The van der Waals surface area contributed by atoms with Crippen LogP contribution >= 0.6 is 0 Å². The molecule has 0 radical (unpaired) electrons. The molecule has 1 aromatic carbocycles. The SMILES string of the molecule is COC(=O)c1cc2c(cc1F)N(C(C)=O)C(C1CC1)C(C)C2Nc1nccc(C)n1. The van der Waals surface area contributed by atoms with Gasteiger partial charge in [-0.25, -0.2) is 19.2 Å². The molecule has 1 amide bonds. The molecule has 3 unspecified atom stereocenters. The number of hydrogen-bond acceptors (Lipinski definition) is 6. The molecule has 0 saturated heterocycles. The van der Waals surface area contributed by atoms with Crippen LogP contribution in [0.5, 0.6) is 0 Å². The number of methoxy groups -OCH3 is 1. The first-order chi connectivity index (χ1) is 14.3. The van der Waals surface area contributed by atoms with Crippen LogP contribution in [-0.2, 0) is 9.53 Å². The molecule has 2 aliphatic rings. The van der Waals surface area contributed by atoms with E-state index in [2.05, 4.69) is 22.2 Å². The van der Waals surface area contributed by atoms with Crippen molar-refractivity contribution in [2.24, 2.45) is 11.8 Å². The van der Waals surface area contributed by atoms with Crippen LogP contribution in [0.2, 0.25) is 0 Å². The van der Waals surface area contributed by atoms with Gasteiger partial charge >= 0.3 is 5.97 Å². The maximum absolute atomic E-state index is 14.8. The van der Waals surface area contributed by atoms with Crippen molar-refractivity contribution >= 4 is 23.5 Å². The Morgan fingerprint density at radius 1 is 1.30 bits per heavy atom. The van der Waals surface area contributed by atoms with Gasteiger partial charge in [-0.15, -0.1) is 0 Å². The lowest BCUT2D eigenvalue weighted by Gasteiger charge is -2.45. The summed E-state index contributed by atoms with van der Waals surface area (Å²) in [7, 11) is 1.21. The highest BCUT2D eigenvalue weighted by Crippen LogP contribution is 2.50. The number of ether oxygens (including phenoxy) is 1. The number of aryl methyl sites for hydroxylation is 1. The molecule has 158 valence electrons. The smallest absolute Gasteiger partial charge is 0.340 e. The first-order valence-electron chi connectivity index (χ1n) is 10.1. The molecule has 1 aromatic heterocycles. The number of rotatable bonds is 4.